The quantitative estimate of drug-likeness (QED) is 0.398. The Balaban J connectivity index is 1.34. The lowest BCUT2D eigenvalue weighted by Gasteiger charge is -2.52. The summed E-state index contributed by atoms with van der Waals surface area (Å²) >= 11 is 1.52. The summed E-state index contributed by atoms with van der Waals surface area (Å²) in [6, 6.07) is 6.20. The van der Waals surface area contributed by atoms with Gasteiger partial charge < -0.3 is 14.8 Å². The number of carbonyl (C=O) groups excluding carboxylic acids is 2. The summed E-state index contributed by atoms with van der Waals surface area (Å²) in [5, 5.41) is 3.67. The van der Waals surface area contributed by atoms with E-state index in [1.807, 2.05) is 20.1 Å². The molecular weight excluding hydrogens is 460 g/mol. The Hall–Kier alpha value is -2.25. The van der Waals surface area contributed by atoms with E-state index in [2.05, 4.69) is 29.4 Å². The zero-order valence-corrected chi connectivity index (χ0v) is 22.0. The number of hydrogen-bond acceptors (Lipinski definition) is 6. The van der Waals surface area contributed by atoms with Gasteiger partial charge in [-0.25, -0.2) is 4.98 Å². The SMILES string of the molecule is CO[C@H]1C[C@@H](CCC(=O)Nc2ncc(C)s2)C2C3CCc4cc(OC(C)=O)ccc4C3CC[C@@]21C. The smallest absolute Gasteiger partial charge is 0.308 e. The van der Waals surface area contributed by atoms with Gasteiger partial charge in [0.15, 0.2) is 5.13 Å². The van der Waals surface area contributed by atoms with Gasteiger partial charge in [-0.2, -0.15) is 0 Å². The molecule has 0 bridgehead atoms. The van der Waals surface area contributed by atoms with Gasteiger partial charge in [0.25, 0.3) is 0 Å². The lowest BCUT2D eigenvalue weighted by molar-refractivity contribution is -0.131. The minimum absolute atomic E-state index is 0.0567. The first-order valence-corrected chi connectivity index (χ1v) is 13.7. The standard InChI is InChI=1S/C28H36N2O4S/c1-16-15-29-27(35-16)30-25(32)10-6-19-14-24(33-4)28(3)12-11-22-21-9-7-20(34-17(2)31)13-18(21)5-8-23(22)26(19)28/h7,9,13,15,19,22-24,26H,5-6,8,10-12,14H2,1-4H3,(H,29,30,32)/t19-,22?,23?,24+,26?,28-/m1/s1. The van der Waals surface area contributed by atoms with E-state index in [0.717, 1.165) is 43.4 Å². The lowest BCUT2D eigenvalue weighted by atomic mass is 9.53. The second kappa shape index (κ2) is 9.66. The van der Waals surface area contributed by atoms with Crippen LogP contribution in [0, 0.1) is 30.1 Å². The number of nitrogens with one attached hydrogen (secondary N) is 1. The topological polar surface area (TPSA) is 77.5 Å². The van der Waals surface area contributed by atoms with Crippen molar-refractivity contribution >= 4 is 28.3 Å². The van der Waals surface area contributed by atoms with Crippen LogP contribution in [0.15, 0.2) is 24.4 Å². The summed E-state index contributed by atoms with van der Waals surface area (Å²) in [5.74, 6) is 2.56. The minimum atomic E-state index is -0.277. The summed E-state index contributed by atoms with van der Waals surface area (Å²) < 4.78 is 11.4. The summed E-state index contributed by atoms with van der Waals surface area (Å²) in [4.78, 5) is 29.5. The minimum Gasteiger partial charge on any atom is -0.427 e. The highest BCUT2D eigenvalue weighted by Gasteiger charge is 2.58. The first-order chi connectivity index (χ1) is 16.8. The number of methoxy groups -OCH3 is 1. The van der Waals surface area contributed by atoms with Crippen molar-refractivity contribution in [2.75, 3.05) is 12.4 Å². The molecule has 1 aromatic carbocycles. The summed E-state index contributed by atoms with van der Waals surface area (Å²) in [7, 11) is 1.85. The molecule has 0 radical (unpaired) electrons. The van der Waals surface area contributed by atoms with E-state index in [0.29, 0.717) is 41.0 Å². The normalized spacial score (nSPS) is 31.3. The second-order valence-corrected chi connectivity index (χ2v) is 12.2. The Labute approximate surface area is 211 Å². The Bertz CT molecular complexity index is 1110. The first kappa shape index (κ1) is 24.4. The van der Waals surface area contributed by atoms with Gasteiger partial charge in [-0.1, -0.05) is 13.0 Å². The van der Waals surface area contributed by atoms with Crippen LogP contribution < -0.4 is 10.1 Å². The highest BCUT2D eigenvalue weighted by molar-refractivity contribution is 7.15. The van der Waals surface area contributed by atoms with Crippen LogP contribution in [-0.2, 0) is 20.7 Å². The molecule has 2 fully saturated rings. The summed E-state index contributed by atoms with van der Waals surface area (Å²) in [5.41, 5.74) is 2.90. The van der Waals surface area contributed by atoms with Crippen LogP contribution in [0.4, 0.5) is 5.13 Å². The Morgan fingerprint density at radius 1 is 1.29 bits per heavy atom. The maximum absolute atomic E-state index is 12.7. The molecule has 5 rings (SSSR count). The molecule has 1 heterocycles. The van der Waals surface area contributed by atoms with Gasteiger partial charge in [0, 0.05) is 31.5 Å². The van der Waals surface area contributed by atoms with E-state index >= 15 is 0 Å². The summed E-state index contributed by atoms with van der Waals surface area (Å²) in [6.45, 7) is 5.87. The number of ether oxygens (including phenoxy) is 2. The molecule has 35 heavy (non-hydrogen) atoms. The Morgan fingerprint density at radius 2 is 2.11 bits per heavy atom. The van der Waals surface area contributed by atoms with Crippen molar-refractivity contribution in [1.82, 2.24) is 4.98 Å². The van der Waals surface area contributed by atoms with Gasteiger partial charge in [0.05, 0.1) is 6.10 Å². The molecule has 6 atom stereocenters. The number of fused-ring (bicyclic) bond motifs is 5. The molecule has 0 saturated heterocycles. The van der Waals surface area contributed by atoms with Crippen LogP contribution in [0.5, 0.6) is 5.75 Å². The number of anilines is 1. The molecule has 3 aliphatic carbocycles. The number of benzene rings is 1. The number of rotatable bonds is 6. The highest BCUT2D eigenvalue weighted by atomic mass is 32.1. The van der Waals surface area contributed by atoms with Crippen LogP contribution in [0.1, 0.15) is 74.3 Å². The molecule has 2 aromatic rings. The first-order valence-electron chi connectivity index (χ1n) is 12.8. The number of carbonyl (C=O) groups is 2. The Morgan fingerprint density at radius 3 is 2.83 bits per heavy atom. The predicted molar refractivity (Wildman–Crippen MR) is 137 cm³/mol. The van der Waals surface area contributed by atoms with E-state index in [9.17, 15) is 9.59 Å². The van der Waals surface area contributed by atoms with Gasteiger partial charge >= 0.3 is 5.97 Å². The molecule has 1 amide bonds. The van der Waals surface area contributed by atoms with Gasteiger partial charge in [-0.15, -0.1) is 11.3 Å². The monoisotopic (exact) mass is 496 g/mol. The second-order valence-electron chi connectivity index (χ2n) is 10.9. The maximum Gasteiger partial charge on any atom is 0.308 e. The van der Waals surface area contributed by atoms with E-state index in [1.165, 1.54) is 29.4 Å². The Kier molecular flexibility index (Phi) is 6.75. The van der Waals surface area contributed by atoms with E-state index in [-0.39, 0.29) is 23.4 Å². The van der Waals surface area contributed by atoms with Crippen molar-refractivity contribution in [1.29, 1.82) is 0 Å². The average molecular weight is 497 g/mol. The van der Waals surface area contributed by atoms with Gasteiger partial charge in [-0.05, 0) is 97.8 Å². The van der Waals surface area contributed by atoms with Gasteiger partial charge in [-0.3, -0.25) is 9.59 Å². The van der Waals surface area contributed by atoms with Crippen LogP contribution in [-0.4, -0.2) is 30.1 Å². The third-order valence-corrected chi connectivity index (χ3v) is 9.74. The maximum atomic E-state index is 12.7. The number of hydrogen-bond donors (Lipinski definition) is 1. The number of aromatic nitrogens is 1. The average Bonchev–Trinajstić information content (AvgIpc) is 3.36. The van der Waals surface area contributed by atoms with E-state index in [4.69, 9.17) is 9.47 Å². The number of nitrogens with zero attached hydrogens (tertiary/aromatic N) is 1. The zero-order valence-electron chi connectivity index (χ0n) is 21.1. The molecule has 6 nitrogen and oxygen atoms in total. The molecule has 3 unspecified atom stereocenters. The van der Waals surface area contributed by atoms with Crippen LogP contribution in [0.25, 0.3) is 0 Å². The molecular formula is C28H36N2O4S. The highest BCUT2D eigenvalue weighted by Crippen LogP contribution is 2.64. The molecule has 7 heteroatoms. The van der Waals surface area contributed by atoms with Crippen LogP contribution in [0.2, 0.25) is 0 Å². The van der Waals surface area contributed by atoms with Gasteiger partial charge in [0.2, 0.25) is 5.91 Å². The number of esters is 1. The number of aryl methyl sites for hydroxylation is 2. The fraction of sp³-hybridized carbons (Fsp3) is 0.607. The van der Waals surface area contributed by atoms with Crippen molar-refractivity contribution in [3.8, 4) is 5.75 Å². The third kappa shape index (κ3) is 4.65. The fourth-order valence-electron chi connectivity index (χ4n) is 7.59. The predicted octanol–water partition coefficient (Wildman–Crippen LogP) is 5.89. The van der Waals surface area contributed by atoms with Crippen molar-refractivity contribution in [3.05, 3.63) is 40.4 Å². The van der Waals surface area contributed by atoms with Crippen molar-refractivity contribution in [2.24, 2.45) is 23.2 Å². The van der Waals surface area contributed by atoms with E-state index in [1.54, 1.807) is 6.20 Å². The largest absolute Gasteiger partial charge is 0.427 e. The summed E-state index contributed by atoms with van der Waals surface area (Å²) in [6.07, 6.45) is 8.93. The van der Waals surface area contributed by atoms with Crippen molar-refractivity contribution in [3.63, 3.8) is 0 Å². The molecule has 0 aliphatic heterocycles. The number of amides is 1. The lowest BCUT2D eigenvalue weighted by Crippen LogP contribution is -2.45. The number of thiazole rings is 1. The molecule has 0 spiro atoms. The molecule has 1 aromatic heterocycles. The molecule has 3 aliphatic rings. The van der Waals surface area contributed by atoms with Crippen LogP contribution in [0.3, 0.4) is 0 Å². The molecule has 188 valence electrons. The molecule has 1 N–H and O–H groups in total. The van der Waals surface area contributed by atoms with E-state index < -0.39 is 0 Å². The van der Waals surface area contributed by atoms with Crippen molar-refractivity contribution < 1.29 is 19.1 Å². The van der Waals surface area contributed by atoms with Crippen LogP contribution >= 0.6 is 11.3 Å². The zero-order chi connectivity index (χ0) is 24.7. The molecule has 2 saturated carbocycles. The van der Waals surface area contributed by atoms with Crippen molar-refractivity contribution in [2.45, 2.75) is 77.7 Å². The third-order valence-electron chi connectivity index (χ3n) is 8.91. The van der Waals surface area contributed by atoms with Gasteiger partial charge in [0.1, 0.15) is 5.75 Å². The fourth-order valence-corrected chi connectivity index (χ4v) is 8.27.